The van der Waals surface area contributed by atoms with Crippen LogP contribution in [0.3, 0.4) is 0 Å². The van der Waals surface area contributed by atoms with Crippen molar-refractivity contribution in [3.05, 3.63) is 71.9 Å². The molecule has 27 heavy (non-hydrogen) atoms. The summed E-state index contributed by atoms with van der Waals surface area (Å²) in [5, 5.41) is 11.2. The number of aromatic nitrogens is 2. The van der Waals surface area contributed by atoms with Gasteiger partial charge in [0.25, 0.3) is 5.91 Å². The molecule has 0 bridgehead atoms. The molecule has 1 N–H and O–H groups in total. The van der Waals surface area contributed by atoms with Crippen LogP contribution in [-0.2, 0) is 6.42 Å². The number of para-hydroxylation sites is 3. The van der Waals surface area contributed by atoms with Gasteiger partial charge in [0.05, 0.1) is 12.8 Å². The maximum atomic E-state index is 12.5. The highest BCUT2D eigenvalue weighted by Gasteiger charge is 2.19. The van der Waals surface area contributed by atoms with Gasteiger partial charge < -0.3 is 15.0 Å². The molecule has 0 saturated carbocycles. The predicted octanol–water partition coefficient (Wildman–Crippen LogP) is 3.82. The van der Waals surface area contributed by atoms with Crippen LogP contribution < -0.4 is 15.0 Å². The summed E-state index contributed by atoms with van der Waals surface area (Å²) in [6.07, 6.45) is 2.13. The second-order valence-electron chi connectivity index (χ2n) is 6.32. The number of ether oxygens (including phenoxy) is 1. The van der Waals surface area contributed by atoms with E-state index in [1.807, 2.05) is 24.3 Å². The number of nitrogens with zero attached hydrogens (tertiary/aromatic N) is 3. The lowest BCUT2D eigenvalue weighted by Crippen LogP contribution is -2.26. The van der Waals surface area contributed by atoms with Crippen molar-refractivity contribution >= 4 is 23.1 Å². The van der Waals surface area contributed by atoms with Crippen molar-refractivity contribution in [2.75, 3.05) is 23.9 Å². The minimum Gasteiger partial charge on any atom is -0.495 e. The molecular weight excluding hydrogens is 340 g/mol. The van der Waals surface area contributed by atoms with Gasteiger partial charge in [0.2, 0.25) is 0 Å². The number of carbonyl (C=O) groups is 1. The summed E-state index contributed by atoms with van der Waals surface area (Å²) < 4.78 is 5.26. The summed E-state index contributed by atoms with van der Waals surface area (Å²) in [5.74, 6) is 1.02. The average Bonchev–Trinajstić information content (AvgIpc) is 2.74. The number of hydrogen-bond donors (Lipinski definition) is 1. The first-order chi connectivity index (χ1) is 13.3. The number of aryl methyl sites for hydroxylation is 1. The number of hydrogen-bond acceptors (Lipinski definition) is 5. The number of amides is 1. The Hall–Kier alpha value is -3.41. The van der Waals surface area contributed by atoms with Crippen LogP contribution in [0.1, 0.15) is 22.5 Å². The highest BCUT2D eigenvalue weighted by Crippen LogP contribution is 2.31. The lowest BCUT2D eigenvalue weighted by Gasteiger charge is -2.29. The van der Waals surface area contributed by atoms with E-state index in [-0.39, 0.29) is 11.6 Å². The SMILES string of the molecule is COc1ccccc1NC(=O)c1ccc(N2CCCc3ccccc32)nn1. The molecule has 3 aromatic rings. The van der Waals surface area contributed by atoms with Gasteiger partial charge in [-0.2, -0.15) is 0 Å². The van der Waals surface area contributed by atoms with Gasteiger partial charge in [-0.05, 0) is 48.7 Å². The van der Waals surface area contributed by atoms with Crippen LogP contribution in [0.5, 0.6) is 5.75 Å². The lowest BCUT2D eigenvalue weighted by molar-refractivity contribution is 0.102. The number of carbonyl (C=O) groups excluding carboxylic acids is 1. The monoisotopic (exact) mass is 360 g/mol. The molecule has 0 atom stereocenters. The fraction of sp³-hybridized carbons (Fsp3) is 0.190. The largest absolute Gasteiger partial charge is 0.495 e. The molecule has 0 spiro atoms. The summed E-state index contributed by atoms with van der Waals surface area (Å²) in [6.45, 7) is 0.887. The minimum absolute atomic E-state index is 0.259. The topological polar surface area (TPSA) is 67.3 Å². The molecule has 2 heterocycles. The molecule has 0 unspecified atom stereocenters. The van der Waals surface area contributed by atoms with E-state index in [0.717, 1.165) is 30.9 Å². The van der Waals surface area contributed by atoms with E-state index in [9.17, 15) is 4.79 Å². The quantitative estimate of drug-likeness (QED) is 0.766. The predicted molar refractivity (Wildman–Crippen MR) is 105 cm³/mol. The zero-order chi connectivity index (χ0) is 18.6. The fourth-order valence-electron chi connectivity index (χ4n) is 3.30. The third kappa shape index (κ3) is 3.46. The van der Waals surface area contributed by atoms with Crippen LogP contribution in [0.4, 0.5) is 17.2 Å². The summed E-state index contributed by atoms with van der Waals surface area (Å²) in [6, 6.07) is 19.1. The van der Waals surface area contributed by atoms with Crippen molar-refractivity contribution in [3.8, 4) is 5.75 Å². The number of anilines is 3. The first-order valence-corrected chi connectivity index (χ1v) is 8.90. The van der Waals surface area contributed by atoms with E-state index in [4.69, 9.17) is 4.74 Å². The number of benzene rings is 2. The Morgan fingerprint density at radius 2 is 1.85 bits per heavy atom. The van der Waals surface area contributed by atoms with E-state index in [1.165, 1.54) is 5.56 Å². The number of fused-ring (bicyclic) bond motifs is 1. The molecule has 1 amide bonds. The Kier molecular flexibility index (Phi) is 4.70. The fourth-order valence-corrected chi connectivity index (χ4v) is 3.30. The second kappa shape index (κ2) is 7.45. The van der Waals surface area contributed by atoms with E-state index in [0.29, 0.717) is 11.4 Å². The van der Waals surface area contributed by atoms with Crippen molar-refractivity contribution in [1.29, 1.82) is 0 Å². The summed E-state index contributed by atoms with van der Waals surface area (Å²) >= 11 is 0. The average molecular weight is 360 g/mol. The zero-order valence-electron chi connectivity index (χ0n) is 15.1. The van der Waals surface area contributed by atoms with Gasteiger partial charge in [-0.3, -0.25) is 4.79 Å². The summed E-state index contributed by atoms with van der Waals surface area (Å²) in [4.78, 5) is 14.6. The molecule has 6 heteroatoms. The van der Waals surface area contributed by atoms with Crippen LogP contribution in [0.25, 0.3) is 0 Å². The maximum absolute atomic E-state index is 12.5. The smallest absolute Gasteiger partial charge is 0.276 e. The molecule has 4 rings (SSSR count). The lowest BCUT2D eigenvalue weighted by atomic mass is 10.0. The zero-order valence-corrected chi connectivity index (χ0v) is 15.1. The minimum atomic E-state index is -0.322. The number of rotatable bonds is 4. The molecule has 1 aliphatic rings. The Morgan fingerprint density at radius 3 is 2.67 bits per heavy atom. The van der Waals surface area contributed by atoms with Gasteiger partial charge in [0.15, 0.2) is 11.5 Å². The van der Waals surface area contributed by atoms with Gasteiger partial charge in [-0.1, -0.05) is 30.3 Å². The van der Waals surface area contributed by atoms with Crippen molar-refractivity contribution in [1.82, 2.24) is 10.2 Å². The molecule has 0 fully saturated rings. The molecule has 0 saturated heterocycles. The Balaban J connectivity index is 1.54. The standard InChI is InChI=1S/C21H20N4O2/c1-27-19-11-5-3-9-16(19)22-21(26)17-12-13-20(24-23-17)25-14-6-8-15-7-2-4-10-18(15)25/h2-5,7,9-13H,6,8,14H2,1H3,(H,22,26). The van der Waals surface area contributed by atoms with E-state index in [2.05, 4.69) is 38.6 Å². The number of nitrogens with one attached hydrogen (secondary N) is 1. The first-order valence-electron chi connectivity index (χ1n) is 8.90. The molecule has 1 aliphatic heterocycles. The first kappa shape index (κ1) is 17.0. The van der Waals surface area contributed by atoms with E-state index in [1.54, 1.807) is 25.3 Å². The third-order valence-electron chi connectivity index (χ3n) is 4.63. The third-order valence-corrected chi connectivity index (χ3v) is 4.63. The molecule has 0 radical (unpaired) electrons. The van der Waals surface area contributed by atoms with Gasteiger partial charge in [0.1, 0.15) is 5.75 Å². The molecule has 136 valence electrons. The Morgan fingerprint density at radius 1 is 1.04 bits per heavy atom. The maximum Gasteiger partial charge on any atom is 0.276 e. The van der Waals surface area contributed by atoms with Gasteiger partial charge >= 0.3 is 0 Å². The van der Waals surface area contributed by atoms with Crippen molar-refractivity contribution in [2.24, 2.45) is 0 Å². The van der Waals surface area contributed by atoms with Crippen LogP contribution in [0.2, 0.25) is 0 Å². The highest BCUT2D eigenvalue weighted by molar-refractivity contribution is 6.03. The summed E-state index contributed by atoms with van der Waals surface area (Å²) in [5.41, 5.74) is 3.32. The van der Waals surface area contributed by atoms with Crippen LogP contribution in [0.15, 0.2) is 60.7 Å². The molecule has 0 aliphatic carbocycles. The van der Waals surface area contributed by atoms with Gasteiger partial charge in [0, 0.05) is 12.2 Å². The van der Waals surface area contributed by atoms with Gasteiger partial charge in [-0.25, -0.2) is 0 Å². The van der Waals surface area contributed by atoms with Crippen LogP contribution in [0, 0.1) is 0 Å². The van der Waals surface area contributed by atoms with E-state index >= 15 is 0 Å². The molecule has 6 nitrogen and oxygen atoms in total. The summed E-state index contributed by atoms with van der Waals surface area (Å²) in [7, 11) is 1.57. The Labute approximate surface area is 157 Å². The molecule has 1 aromatic heterocycles. The molecular formula is C21H20N4O2. The van der Waals surface area contributed by atoms with Crippen molar-refractivity contribution in [2.45, 2.75) is 12.8 Å². The Bertz CT molecular complexity index is 956. The molecule has 2 aromatic carbocycles. The van der Waals surface area contributed by atoms with E-state index < -0.39 is 0 Å². The van der Waals surface area contributed by atoms with Crippen molar-refractivity contribution in [3.63, 3.8) is 0 Å². The second-order valence-corrected chi connectivity index (χ2v) is 6.32. The van der Waals surface area contributed by atoms with Gasteiger partial charge in [-0.15, -0.1) is 10.2 Å². The van der Waals surface area contributed by atoms with Crippen LogP contribution >= 0.6 is 0 Å². The normalized spacial score (nSPS) is 13.0. The van der Waals surface area contributed by atoms with Crippen LogP contribution in [-0.4, -0.2) is 29.8 Å². The highest BCUT2D eigenvalue weighted by atomic mass is 16.5. The number of methoxy groups -OCH3 is 1. The van der Waals surface area contributed by atoms with Crippen molar-refractivity contribution < 1.29 is 9.53 Å².